The van der Waals surface area contributed by atoms with Crippen molar-refractivity contribution in [3.05, 3.63) is 33.1 Å². The largest absolute Gasteiger partial charge is 0.355 e. The lowest BCUT2D eigenvalue weighted by atomic mass is 10.1. The van der Waals surface area contributed by atoms with Crippen molar-refractivity contribution in [2.24, 2.45) is 0 Å². The molecule has 1 aliphatic heterocycles. The number of aryl methyl sites for hydroxylation is 1. The number of carbonyl (C=O) groups is 1. The number of aromatic nitrogens is 1. The first-order valence-corrected chi connectivity index (χ1v) is 6.61. The summed E-state index contributed by atoms with van der Waals surface area (Å²) in [5.41, 5.74) is 1.82. The van der Waals surface area contributed by atoms with E-state index >= 15 is 0 Å². The van der Waals surface area contributed by atoms with Crippen LogP contribution in [0.2, 0.25) is 0 Å². The van der Waals surface area contributed by atoms with Crippen LogP contribution in [0, 0.1) is 24.0 Å². The van der Waals surface area contributed by atoms with E-state index in [2.05, 4.69) is 15.6 Å². The number of hydrogen-bond donors (Lipinski definition) is 2. The highest BCUT2D eigenvalue weighted by Crippen LogP contribution is 2.24. The van der Waals surface area contributed by atoms with Gasteiger partial charge in [0.05, 0.1) is 16.7 Å². The van der Waals surface area contributed by atoms with Gasteiger partial charge in [-0.05, 0) is 26.7 Å². The van der Waals surface area contributed by atoms with Crippen molar-refractivity contribution in [1.29, 1.82) is 0 Å². The van der Waals surface area contributed by atoms with Gasteiger partial charge in [0.25, 0.3) is 5.69 Å². The maximum atomic E-state index is 11.6. The van der Waals surface area contributed by atoms with Crippen molar-refractivity contribution in [3.8, 4) is 0 Å². The maximum Gasteiger partial charge on any atom is 0.278 e. The molecule has 1 aromatic rings. The number of piperidine rings is 1. The van der Waals surface area contributed by atoms with Crippen LogP contribution in [0.15, 0.2) is 6.20 Å². The molecular weight excluding hydrogens is 260 g/mol. The lowest BCUT2D eigenvalue weighted by Gasteiger charge is -2.23. The summed E-state index contributed by atoms with van der Waals surface area (Å²) in [7, 11) is 0. The molecule has 0 aromatic carbocycles. The molecule has 1 amide bonds. The topological polar surface area (TPSA) is 97.2 Å². The Kier molecular flexibility index (Phi) is 4.29. The fraction of sp³-hybridized carbons (Fsp3) is 0.538. The molecule has 2 rings (SSSR count). The first-order chi connectivity index (χ1) is 9.50. The van der Waals surface area contributed by atoms with Crippen molar-refractivity contribution in [1.82, 2.24) is 15.6 Å². The minimum absolute atomic E-state index is 0.0180. The first kappa shape index (κ1) is 14.4. The summed E-state index contributed by atoms with van der Waals surface area (Å²) >= 11 is 0. The Morgan fingerprint density at radius 3 is 2.95 bits per heavy atom. The molecule has 1 fully saturated rings. The second kappa shape index (κ2) is 5.96. The summed E-state index contributed by atoms with van der Waals surface area (Å²) in [6, 6.07) is -0.245. The lowest BCUT2D eigenvalue weighted by Crippen LogP contribution is -2.48. The number of amides is 1. The Bertz CT molecular complexity index is 545. The molecule has 0 bridgehead atoms. The molecule has 7 heteroatoms. The molecule has 2 N–H and O–H groups in total. The van der Waals surface area contributed by atoms with Gasteiger partial charge in [-0.15, -0.1) is 0 Å². The Hall–Kier alpha value is -2.02. The van der Waals surface area contributed by atoms with Crippen LogP contribution < -0.4 is 10.6 Å². The summed E-state index contributed by atoms with van der Waals surface area (Å²) in [5, 5.41) is 17.0. The van der Waals surface area contributed by atoms with E-state index in [-0.39, 0.29) is 22.6 Å². The van der Waals surface area contributed by atoms with Crippen molar-refractivity contribution in [2.75, 3.05) is 6.54 Å². The summed E-state index contributed by atoms with van der Waals surface area (Å²) in [6.45, 7) is 4.43. The van der Waals surface area contributed by atoms with E-state index in [1.54, 1.807) is 13.8 Å². The maximum absolute atomic E-state index is 11.6. The Morgan fingerprint density at radius 1 is 1.55 bits per heavy atom. The van der Waals surface area contributed by atoms with Crippen LogP contribution in [-0.4, -0.2) is 28.4 Å². The third-order valence-electron chi connectivity index (χ3n) is 3.56. The average molecular weight is 278 g/mol. The van der Waals surface area contributed by atoms with Crippen molar-refractivity contribution in [2.45, 2.75) is 39.3 Å². The van der Waals surface area contributed by atoms with Gasteiger partial charge in [0.1, 0.15) is 0 Å². The molecule has 7 nitrogen and oxygen atoms in total. The minimum atomic E-state index is -0.386. The molecular formula is C13H18N4O3. The molecule has 0 spiro atoms. The number of nitrogens with one attached hydrogen (secondary N) is 2. The first-order valence-electron chi connectivity index (χ1n) is 6.61. The second-order valence-corrected chi connectivity index (χ2v) is 4.99. The summed E-state index contributed by atoms with van der Waals surface area (Å²) in [6.07, 6.45) is 3.21. The summed E-state index contributed by atoms with van der Waals surface area (Å²) in [5.74, 6) is -0.0180. The summed E-state index contributed by atoms with van der Waals surface area (Å²) < 4.78 is 0. The second-order valence-electron chi connectivity index (χ2n) is 4.99. The fourth-order valence-electron chi connectivity index (χ4n) is 2.41. The van der Waals surface area contributed by atoms with Gasteiger partial charge in [-0.3, -0.25) is 19.9 Å². The standard InChI is InChI=1S/C13H18N4O3/c1-8-6-15-11(9(2)12(8)17(19)20)7-16-10-4-3-5-14-13(10)18/h6,10,16H,3-5,7H2,1-2H3,(H,14,18). The monoisotopic (exact) mass is 278 g/mol. The average Bonchev–Trinajstić information content (AvgIpc) is 2.39. The van der Waals surface area contributed by atoms with Crippen molar-refractivity contribution >= 4 is 11.6 Å². The van der Waals surface area contributed by atoms with Gasteiger partial charge in [0.15, 0.2) is 0 Å². The van der Waals surface area contributed by atoms with Crippen LogP contribution >= 0.6 is 0 Å². The van der Waals surface area contributed by atoms with Crippen molar-refractivity contribution in [3.63, 3.8) is 0 Å². The molecule has 0 radical (unpaired) electrons. The van der Waals surface area contributed by atoms with E-state index in [1.807, 2.05) is 0 Å². The van der Waals surface area contributed by atoms with E-state index in [4.69, 9.17) is 0 Å². The van der Waals surface area contributed by atoms with Crippen LogP contribution in [-0.2, 0) is 11.3 Å². The van der Waals surface area contributed by atoms with E-state index in [9.17, 15) is 14.9 Å². The zero-order valence-electron chi connectivity index (χ0n) is 11.6. The molecule has 1 saturated heterocycles. The molecule has 1 aromatic heterocycles. The van der Waals surface area contributed by atoms with Gasteiger partial charge in [0.2, 0.25) is 5.91 Å². The van der Waals surface area contributed by atoms with Crippen LogP contribution in [0.5, 0.6) is 0 Å². The summed E-state index contributed by atoms with van der Waals surface area (Å²) in [4.78, 5) is 26.5. The van der Waals surface area contributed by atoms with Gasteiger partial charge in [-0.2, -0.15) is 0 Å². The van der Waals surface area contributed by atoms with Crippen LogP contribution in [0.3, 0.4) is 0 Å². The molecule has 1 unspecified atom stereocenters. The van der Waals surface area contributed by atoms with Gasteiger partial charge >= 0.3 is 0 Å². The molecule has 0 aliphatic carbocycles. The van der Waals surface area contributed by atoms with E-state index < -0.39 is 0 Å². The van der Waals surface area contributed by atoms with Crippen LogP contribution in [0.4, 0.5) is 5.69 Å². The number of carbonyl (C=O) groups excluding carboxylic acids is 1. The van der Waals surface area contributed by atoms with Gasteiger partial charge in [-0.1, -0.05) is 0 Å². The number of hydrogen-bond acceptors (Lipinski definition) is 5. The van der Waals surface area contributed by atoms with E-state index in [0.29, 0.717) is 29.9 Å². The highest BCUT2D eigenvalue weighted by molar-refractivity contribution is 5.82. The Labute approximate surface area is 116 Å². The molecule has 2 heterocycles. The number of nitro groups is 1. The fourth-order valence-corrected chi connectivity index (χ4v) is 2.41. The zero-order chi connectivity index (χ0) is 14.7. The number of rotatable bonds is 4. The quantitative estimate of drug-likeness (QED) is 0.632. The third kappa shape index (κ3) is 2.93. The SMILES string of the molecule is Cc1cnc(CNC2CCCNC2=O)c(C)c1[N+](=O)[O-]. The predicted molar refractivity (Wildman–Crippen MR) is 73.2 cm³/mol. The Balaban J connectivity index is 2.12. The molecule has 0 saturated carbocycles. The Morgan fingerprint density at radius 2 is 2.30 bits per heavy atom. The predicted octanol–water partition coefficient (Wildman–Crippen LogP) is 0.975. The van der Waals surface area contributed by atoms with E-state index in [0.717, 1.165) is 12.8 Å². The highest BCUT2D eigenvalue weighted by Gasteiger charge is 2.23. The van der Waals surface area contributed by atoms with Crippen molar-refractivity contribution < 1.29 is 9.72 Å². The molecule has 1 aliphatic rings. The van der Waals surface area contributed by atoms with E-state index in [1.165, 1.54) is 6.20 Å². The smallest absolute Gasteiger partial charge is 0.278 e. The molecule has 1 atom stereocenters. The van der Waals surface area contributed by atoms with Gasteiger partial charge in [-0.25, -0.2) is 0 Å². The molecule has 108 valence electrons. The van der Waals surface area contributed by atoms with Crippen LogP contribution in [0.1, 0.15) is 29.7 Å². The number of nitrogens with zero attached hydrogens (tertiary/aromatic N) is 2. The van der Waals surface area contributed by atoms with Gasteiger partial charge < -0.3 is 10.6 Å². The lowest BCUT2D eigenvalue weighted by molar-refractivity contribution is -0.386. The minimum Gasteiger partial charge on any atom is -0.355 e. The normalized spacial score (nSPS) is 18.7. The zero-order valence-corrected chi connectivity index (χ0v) is 11.6. The third-order valence-corrected chi connectivity index (χ3v) is 3.56. The van der Waals surface area contributed by atoms with Crippen LogP contribution in [0.25, 0.3) is 0 Å². The van der Waals surface area contributed by atoms with Gasteiger partial charge in [0, 0.05) is 30.4 Å². The number of pyridine rings is 1. The highest BCUT2D eigenvalue weighted by atomic mass is 16.6. The molecule has 20 heavy (non-hydrogen) atoms.